The van der Waals surface area contributed by atoms with Crippen LogP contribution < -0.4 is 5.32 Å². The minimum atomic E-state index is -2.47. The summed E-state index contributed by atoms with van der Waals surface area (Å²) >= 11 is 0.435. The van der Waals surface area contributed by atoms with Gasteiger partial charge in [-0.05, 0) is 31.4 Å². The van der Waals surface area contributed by atoms with Crippen molar-refractivity contribution in [1.29, 1.82) is 0 Å². The molecule has 7 heteroatoms. The predicted molar refractivity (Wildman–Crippen MR) is 78.4 cm³/mol. The Morgan fingerprint density at radius 2 is 2.14 bits per heavy atom. The highest BCUT2D eigenvalue weighted by atomic mass is 32.2. The zero-order valence-corrected chi connectivity index (χ0v) is 13.2. The van der Waals surface area contributed by atoms with E-state index in [-0.39, 0.29) is 18.1 Å². The number of thioether (sulfide) groups is 1. The van der Waals surface area contributed by atoms with Crippen molar-refractivity contribution in [2.45, 2.75) is 44.3 Å². The summed E-state index contributed by atoms with van der Waals surface area (Å²) in [6.07, 6.45) is 0.557. The molecule has 1 heterocycles. The molecule has 1 rings (SSSR count). The molecule has 4 nitrogen and oxygen atoms in total. The molecule has 0 aliphatic carbocycles. The lowest BCUT2D eigenvalue weighted by Gasteiger charge is -2.25. The second-order valence-corrected chi connectivity index (χ2v) is 6.59. The average Bonchev–Trinajstić information content (AvgIpc) is 2.81. The zero-order chi connectivity index (χ0) is 16.0. The monoisotopic (exact) mass is 321 g/mol. The van der Waals surface area contributed by atoms with Gasteiger partial charge in [0.2, 0.25) is 0 Å². The standard InChI is InChI=1S/C14H21F2NO3S/c1-9(2)6-14(3,19)8-17-12(18)11-5-4-10(20-11)7-21-13(15)16/h4-5,9,13,19H,6-8H2,1-3H3,(H,17,18). The summed E-state index contributed by atoms with van der Waals surface area (Å²) in [5.74, 6) is -2.25. The average molecular weight is 321 g/mol. The van der Waals surface area contributed by atoms with E-state index in [9.17, 15) is 18.7 Å². The highest BCUT2D eigenvalue weighted by Crippen LogP contribution is 2.21. The molecule has 21 heavy (non-hydrogen) atoms. The van der Waals surface area contributed by atoms with Crippen LogP contribution in [0.25, 0.3) is 0 Å². The van der Waals surface area contributed by atoms with Gasteiger partial charge < -0.3 is 14.8 Å². The number of rotatable bonds is 8. The third-order valence-electron chi connectivity index (χ3n) is 2.71. The largest absolute Gasteiger partial charge is 0.455 e. The lowest BCUT2D eigenvalue weighted by molar-refractivity contribution is 0.0363. The number of aliphatic hydroxyl groups is 1. The van der Waals surface area contributed by atoms with Crippen molar-refractivity contribution in [2.24, 2.45) is 5.92 Å². The summed E-state index contributed by atoms with van der Waals surface area (Å²) in [4.78, 5) is 11.9. The fourth-order valence-corrected chi connectivity index (χ4v) is 2.48. The van der Waals surface area contributed by atoms with Crippen LogP contribution in [0.3, 0.4) is 0 Å². The van der Waals surface area contributed by atoms with Crippen LogP contribution in [-0.4, -0.2) is 28.9 Å². The van der Waals surface area contributed by atoms with Crippen LogP contribution in [0, 0.1) is 5.92 Å². The molecule has 120 valence electrons. The van der Waals surface area contributed by atoms with Gasteiger partial charge in [0.25, 0.3) is 11.7 Å². The summed E-state index contributed by atoms with van der Waals surface area (Å²) in [6, 6.07) is 2.93. The molecule has 0 spiro atoms. The van der Waals surface area contributed by atoms with Crippen molar-refractivity contribution in [2.75, 3.05) is 6.54 Å². The minimum absolute atomic E-state index is 0.00993. The van der Waals surface area contributed by atoms with Gasteiger partial charge in [0.05, 0.1) is 11.4 Å². The quantitative estimate of drug-likeness (QED) is 0.771. The van der Waals surface area contributed by atoms with Crippen molar-refractivity contribution in [1.82, 2.24) is 5.32 Å². The molecule has 0 aromatic carbocycles. The number of hydrogen-bond donors (Lipinski definition) is 2. The molecule has 1 amide bonds. The van der Waals surface area contributed by atoms with E-state index in [2.05, 4.69) is 5.32 Å². The number of carbonyl (C=O) groups is 1. The molecule has 0 fully saturated rings. The van der Waals surface area contributed by atoms with Gasteiger partial charge in [0.15, 0.2) is 5.76 Å². The molecule has 0 radical (unpaired) electrons. The Bertz CT molecular complexity index is 461. The molecule has 1 unspecified atom stereocenters. The van der Waals surface area contributed by atoms with Crippen molar-refractivity contribution in [3.05, 3.63) is 23.7 Å². The summed E-state index contributed by atoms with van der Waals surface area (Å²) in [5.41, 5.74) is -0.995. The van der Waals surface area contributed by atoms with Crippen LogP contribution in [0.2, 0.25) is 0 Å². The Hall–Kier alpha value is -1.08. The lowest BCUT2D eigenvalue weighted by atomic mass is 9.94. The van der Waals surface area contributed by atoms with E-state index in [4.69, 9.17) is 4.42 Å². The summed E-state index contributed by atoms with van der Waals surface area (Å²) in [7, 11) is 0. The molecule has 1 atom stereocenters. The molecular formula is C14H21F2NO3S. The highest BCUT2D eigenvalue weighted by molar-refractivity contribution is 7.98. The molecule has 0 aliphatic rings. The van der Waals surface area contributed by atoms with Crippen LogP contribution in [0.1, 0.15) is 43.5 Å². The third-order valence-corrected chi connectivity index (χ3v) is 3.42. The Labute approximate surface area is 127 Å². The highest BCUT2D eigenvalue weighted by Gasteiger charge is 2.23. The van der Waals surface area contributed by atoms with Crippen molar-refractivity contribution in [3.63, 3.8) is 0 Å². The van der Waals surface area contributed by atoms with E-state index in [1.165, 1.54) is 12.1 Å². The van der Waals surface area contributed by atoms with Crippen molar-refractivity contribution >= 4 is 17.7 Å². The fraction of sp³-hybridized carbons (Fsp3) is 0.643. The maximum absolute atomic E-state index is 12.1. The molecule has 1 aromatic rings. The minimum Gasteiger partial charge on any atom is -0.455 e. The fourth-order valence-electron chi connectivity index (χ4n) is 2.03. The summed E-state index contributed by atoms with van der Waals surface area (Å²) in [6.45, 7) is 5.72. The Kier molecular flexibility index (Phi) is 6.67. The number of hydrogen-bond acceptors (Lipinski definition) is 4. The van der Waals surface area contributed by atoms with E-state index < -0.39 is 17.3 Å². The number of furan rings is 1. The second-order valence-electron chi connectivity index (χ2n) is 5.62. The van der Waals surface area contributed by atoms with Gasteiger partial charge in [-0.1, -0.05) is 25.6 Å². The van der Waals surface area contributed by atoms with Crippen LogP contribution in [0.5, 0.6) is 0 Å². The van der Waals surface area contributed by atoms with Crippen LogP contribution in [0.4, 0.5) is 8.78 Å². The third kappa shape index (κ3) is 6.95. The number of carbonyl (C=O) groups excluding carboxylic acids is 1. The van der Waals surface area contributed by atoms with Crippen molar-refractivity contribution < 1.29 is 23.1 Å². The molecule has 0 aliphatic heterocycles. The van der Waals surface area contributed by atoms with Gasteiger partial charge in [-0.2, -0.15) is 8.78 Å². The lowest BCUT2D eigenvalue weighted by Crippen LogP contribution is -2.41. The van der Waals surface area contributed by atoms with Gasteiger partial charge in [-0.3, -0.25) is 4.79 Å². The van der Waals surface area contributed by atoms with E-state index >= 15 is 0 Å². The number of halogens is 2. The first kappa shape index (κ1) is 18.0. The van der Waals surface area contributed by atoms with Crippen molar-refractivity contribution in [3.8, 4) is 0 Å². The Morgan fingerprint density at radius 1 is 1.48 bits per heavy atom. The van der Waals surface area contributed by atoms with E-state index in [1.54, 1.807) is 6.92 Å². The predicted octanol–water partition coefficient (Wildman–Crippen LogP) is 3.26. The summed E-state index contributed by atoms with van der Waals surface area (Å²) in [5, 5.41) is 12.7. The first-order valence-corrected chi connectivity index (χ1v) is 7.73. The van der Waals surface area contributed by atoms with Gasteiger partial charge in [-0.25, -0.2) is 0 Å². The van der Waals surface area contributed by atoms with E-state index in [0.717, 1.165) is 0 Å². The smallest absolute Gasteiger partial charge is 0.287 e. The van der Waals surface area contributed by atoms with Gasteiger partial charge in [0, 0.05) is 6.54 Å². The maximum atomic E-state index is 12.1. The van der Waals surface area contributed by atoms with E-state index in [0.29, 0.717) is 29.9 Å². The van der Waals surface area contributed by atoms with Crippen LogP contribution in [0.15, 0.2) is 16.5 Å². The molecular weight excluding hydrogens is 300 g/mol. The maximum Gasteiger partial charge on any atom is 0.287 e. The SMILES string of the molecule is CC(C)CC(C)(O)CNC(=O)c1ccc(CSC(F)F)o1. The van der Waals surface area contributed by atoms with Crippen LogP contribution >= 0.6 is 11.8 Å². The molecule has 0 saturated heterocycles. The molecule has 1 aromatic heterocycles. The Morgan fingerprint density at radius 3 is 2.71 bits per heavy atom. The Balaban J connectivity index is 2.49. The normalized spacial score (nSPS) is 14.5. The number of nitrogens with one attached hydrogen (secondary N) is 1. The van der Waals surface area contributed by atoms with E-state index in [1.807, 2.05) is 13.8 Å². The van der Waals surface area contributed by atoms with Crippen LogP contribution in [-0.2, 0) is 5.75 Å². The van der Waals surface area contributed by atoms with Gasteiger partial charge in [-0.15, -0.1) is 0 Å². The van der Waals surface area contributed by atoms with Gasteiger partial charge in [0.1, 0.15) is 5.76 Å². The second kappa shape index (κ2) is 7.79. The summed E-state index contributed by atoms with van der Waals surface area (Å²) < 4.78 is 29.3. The molecule has 0 bridgehead atoms. The molecule has 2 N–H and O–H groups in total. The topological polar surface area (TPSA) is 62.5 Å². The first-order chi connectivity index (χ1) is 9.69. The molecule has 0 saturated carbocycles. The first-order valence-electron chi connectivity index (χ1n) is 6.68. The zero-order valence-electron chi connectivity index (χ0n) is 12.4. The number of amides is 1. The van der Waals surface area contributed by atoms with Gasteiger partial charge >= 0.3 is 0 Å². The number of alkyl halides is 2.